The van der Waals surface area contributed by atoms with Crippen molar-refractivity contribution < 1.29 is 14.7 Å². The third-order valence-corrected chi connectivity index (χ3v) is 4.77. The second-order valence-corrected chi connectivity index (χ2v) is 6.27. The Morgan fingerprint density at radius 1 is 1.29 bits per heavy atom. The highest BCUT2D eigenvalue weighted by Crippen LogP contribution is 2.34. The van der Waals surface area contributed by atoms with Gasteiger partial charge in [0, 0.05) is 32.2 Å². The first-order valence-corrected chi connectivity index (χ1v) is 7.98. The highest BCUT2D eigenvalue weighted by Gasteiger charge is 2.35. The molecule has 1 heterocycles. The summed E-state index contributed by atoms with van der Waals surface area (Å²) >= 11 is 0. The molecule has 1 saturated carbocycles. The van der Waals surface area contributed by atoms with Gasteiger partial charge in [0.15, 0.2) is 0 Å². The van der Waals surface area contributed by atoms with Crippen LogP contribution in [0, 0.1) is 5.92 Å². The first-order chi connectivity index (χ1) is 10.0. The fourth-order valence-corrected chi connectivity index (χ4v) is 3.07. The molecule has 0 bridgehead atoms. The predicted molar refractivity (Wildman–Crippen MR) is 80.2 cm³/mol. The van der Waals surface area contributed by atoms with E-state index < -0.39 is 5.97 Å². The smallest absolute Gasteiger partial charge is 0.317 e. The van der Waals surface area contributed by atoms with Crippen molar-refractivity contribution in [1.29, 1.82) is 0 Å². The van der Waals surface area contributed by atoms with Crippen molar-refractivity contribution in [2.24, 2.45) is 5.92 Å². The van der Waals surface area contributed by atoms with E-state index in [4.69, 9.17) is 5.11 Å². The Kier molecular flexibility index (Phi) is 5.45. The fraction of sp³-hybridized carbons (Fsp3) is 0.867. The van der Waals surface area contributed by atoms with E-state index in [1.54, 1.807) is 4.90 Å². The summed E-state index contributed by atoms with van der Waals surface area (Å²) in [5, 5.41) is 11.9. The Labute approximate surface area is 126 Å². The molecule has 0 spiro atoms. The number of carbonyl (C=O) groups excluding carboxylic acids is 1. The monoisotopic (exact) mass is 297 g/mol. The SMILES string of the molecule is CCN1CCC(N(C)C(=O)NC(CC(=O)O)C2CC2)CC1. The lowest BCUT2D eigenvalue weighted by Crippen LogP contribution is -2.51. The van der Waals surface area contributed by atoms with E-state index in [2.05, 4.69) is 17.1 Å². The van der Waals surface area contributed by atoms with Crippen LogP contribution in [0.4, 0.5) is 4.79 Å². The molecule has 0 aromatic heterocycles. The summed E-state index contributed by atoms with van der Waals surface area (Å²) < 4.78 is 0. The zero-order valence-corrected chi connectivity index (χ0v) is 13.0. The fourth-order valence-electron chi connectivity index (χ4n) is 3.07. The van der Waals surface area contributed by atoms with Gasteiger partial charge in [0.25, 0.3) is 0 Å². The number of aliphatic carboxylic acids is 1. The van der Waals surface area contributed by atoms with E-state index in [1.807, 2.05) is 7.05 Å². The topological polar surface area (TPSA) is 72.9 Å². The first-order valence-electron chi connectivity index (χ1n) is 7.98. The summed E-state index contributed by atoms with van der Waals surface area (Å²) in [6, 6.07) is -0.0752. The molecular weight excluding hydrogens is 270 g/mol. The van der Waals surface area contributed by atoms with E-state index >= 15 is 0 Å². The molecule has 0 radical (unpaired) electrons. The van der Waals surface area contributed by atoms with Crippen molar-refractivity contribution in [2.75, 3.05) is 26.7 Å². The number of carbonyl (C=O) groups is 2. The molecule has 1 aliphatic heterocycles. The molecule has 1 atom stereocenters. The molecule has 2 N–H and O–H groups in total. The average molecular weight is 297 g/mol. The molecule has 2 amide bonds. The van der Waals surface area contributed by atoms with Gasteiger partial charge in [0.2, 0.25) is 0 Å². The zero-order valence-electron chi connectivity index (χ0n) is 13.0. The van der Waals surface area contributed by atoms with Crippen molar-refractivity contribution in [3.63, 3.8) is 0 Å². The summed E-state index contributed by atoms with van der Waals surface area (Å²) in [5.74, 6) is -0.494. The molecule has 6 nitrogen and oxygen atoms in total. The number of hydrogen-bond acceptors (Lipinski definition) is 3. The minimum absolute atomic E-state index is 0.0263. The lowest BCUT2D eigenvalue weighted by atomic mass is 10.0. The van der Waals surface area contributed by atoms with Crippen LogP contribution in [-0.2, 0) is 4.79 Å². The maximum Gasteiger partial charge on any atom is 0.317 e. The second-order valence-electron chi connectivity index (χ2n) is 6.27. The van der Waals surface area contributed by atoms with E-state index in [0.29, 0.717) is 5.92 Å². The van der Waals surface area contributed by atoms with Crippen LogP contribution in [0.3, 0.4) is 0 Å². The summed E-state index contributed by atoms with van der Waals surface area (Å²) in [4.78, 5) is 27.4. The Morgan fingerprint density at radius 3 is 2.38 bits per heavy atom. The quantitative estimate of drug-likeness (QED) is 0.776. The molecule has 2 aliphatic rings. The van der Waals surface area contributed by atoms with Gasteiger partial charge in [-0.3, -0.25) is 4.79 Å². The molecule has 0 aromatic rings. The van der Waals surface area contributed by atoms with Crippen LogP contribution in [0.25, 0.3) is 0 Å². The largest absolute Gasteiger partial charge is 0.481 e. The van der Waals surface area contributed by atoms with Crippen LogP contribution in [0.1, 0.15) is 39.0 Å². The zero-order chi connectivity index (χ0) is 15.4. The van der Waals surface area contributed by atoms with Crippen molar-refractivity contribution in [2.45, 2.75) is 51.1 Å². The van der Waals surface area contributed by atoms with E-state index in [1.165, 1.54) is 0 Å². The average Bonchev–Trinajstić information content (AvgIpc) is 3.30. The van der Waals surface area contributed by atoms with E-state index in [0.717, 1.165) is 45.3 Å². The molecule has 2 fully saturated rings. The van der Waals surface area contributed by atoms with Gasteiger partial charge in [-0.1, -0.05) is 6.92 Å². The Balaban J connectivity index is 1.82. The molecule has 0 aromatic carbocycles. The van der Waals surface area contributed by atoms with Gasteiger partial charge in [-0.15, -0.1) is 0 Å². The number of likely N-dealkylation sites (tertiary alicyclic amines) is 1. The normalized spacial score (nSPS) is 21.8. The summed E-state index contributed by atoms with van der Waals surface area (Å²) in [7, 11) is 1.83. The third-order valence-electron chi connectivity index (χ3n) is 4.77. The molecular formula is C15H27N3O3. The molecule has 1 unspecified atom stereocenters. The number of amides is 2. The Hall–Kier alpha value is -1.30. The molecule has 21 heavy (non-hydrogen) atoms. The Bertz CT molecular complexity index is 376. The highest BCUT2D eigenvalue weighted by atomic mass is 16.4. The molecule has 2 rings (SSSR count). The van der Waals surface area contributed by atoms with Gasteiger partial charge in [0.1, 0.15) is 0 Å². The number of nitrogens with one attached hydrogen (secondary N) is 1. The number of piperidine rings is 1. The standard InChI is InChI=1S/C15H27N3O3/c1-3-18-8-6-12(7-9-18)17(2)15(21)16-13(10-14(19)20)11-4-5-11/h11-13H,3-10H2,1-2H3,(H,16,21)(H,19,20). The van der Waals surface area contributed by atoms with Crippen LogP contribution >= 0.6 is 0 Å². The summed E-state index contributed by atoms with van der Waals surface area (Å²) in [6.45, 7) is 5.27. The lowest BCUT2D eigenvalue weighted by molar-refractivity contribution is -0.137. The maximum absolute atomic E-state index is 12.3. The van der Waals surface area contributed by atoms with Crippen LogP contribution in [0.5, 0.6) is 0 Å². The van der Waals surface area contributed by atoms with Crippen molar-refractivity contribution >= 4 is 12.0 Å². The van der Waals surface area contributed by atoms with Crippen molar-refractivity contribution in [3.05, 3.63) is 0 Å². The molecule has 1 saturated heterocycles. The number of carboxylic acid groups (broad SMARTS) is 1. The van der Waals surface area contributed by atoms with Gasteiger partial charge < -0.3 is 20.2 Å². The van der Waals surface area contributed by atoms with Crippen LogP contribution < -0.4 is 5.32 Å². The molecule has 120 valence electrons. The number of rotatable bonds is 6. The predicted octanol–water partition coefficient (Wildman–Crippen LogP) is 1.37. The highest BCUT2D eigenvalue weighted by molar-refractivity contribution is 5.76. The number of urea groups is 1. The van der Waals surface area contributed by atoms with Crippen LogP contribution in [0.2, 0.25) is 0 Å². The van der Waals surface area contributed by atoms with Crippen molar-refractivity contribution in [1.82, 2.24) is 15.1 Å². The first kappa shape index (κ1) is 16.1. The minimum atomic E-state index is -0.842. The summed E-state index contributed by atoms with van der Waals surface area (Å²) in [5.41, 5.74) is 0. The van der Waals surface area contributed by atoms with Crippen LogP contribution in [0.15, 0.2) is 0 Å². The van der Waals surface area contributed by atoms with Crippen LogP contribution in [-0.4, -0.2) is 65.7 Å². The summed E-state index contributed by atoms with van der Waals surface area (Å²) in [6.07, 6.45) is 4.06. The third kappa shape index (κ3) is 4.59. The van der Waals surface area contributed by atoms with Gasteiger partial charge >= 0.3 is 12.0 Å². The van der Waals surface area contributed by atoms with Crippen molar-refractivity contribution in [3.8, 4) is 0 Å². The Morgan fingerprint density at radius 2 is 1.90 bits per heavy atom. The minimum Gasteiger partial charge on any atom is -0.481 e. The molecule has 1 aliphatic carbocycles. The maximum atomic E-state index is 12.3. The number of hydrogen-bond donors (Lipinski definition) is 2. The second kappa shape index (κ2) is 7.11. The van der Waals surface area contributed by atoms with Gasteiger partial charge in [-0.05, 0) is 38.1 Å². The number of nitrogens with zero attached hydrogens (tertiary/aromatic N) is 2. The van der Waals surface area contributed by atoms with E-state index in [-0.39, 0.29) is 24.5 Å². The van der Waals surface area contributed by atoms with Gasteiger partial charge in [-0.2, -0.15) is 0 Å². The molecule has 6 heteroatoms. The van der Waals surface area contributed by atoms with E-state index in [9.17, 15) is 9.59 Å². The number of carboxylic acids is 1. The van der Waals surface area contributed by atoms with Gasteiger partial charge in [-0.25, -0.2) is 4.79 Å². The van der Waals surface area contributed by atoms with Gasteiger partial charge in [0.05, 0.1) is 6.42 Å². The lowest BCUT2D eigenvalue weighted by Gasteiger charge is -2.36.